The predicted octanol–water partition coefficient (Wildman–Crippen LogP) is 4.07. The Morgan fingerprint density at radius 2 is 1.58 bits per heavy atom. The molecular weight excluding hydrogens is 240 g/mol. The van der Waals surface area contributed by atoms with E-state index in [1.165, 1.54) is 0 Å². The molecule has 0 aliphatic rings. The molecule has 0 radical (unpaired) electrons. The second kappa shape index (κ2) is 5.14. The van der Waals surface area contributed by atoms with Crippen LogP contribution in [0.15, 0.2) is 54.6 Å². The maximum Gasteiger partial charge on any atom is 0.511 e. The average molecular weight is 256 g/mol. The fourth-order valence-corrected chi connectivity index (χ4v) is 2.18. The Morgan fingerprint density at radius 1 is 1.00 bits per heavy atom. The summed E-state index contributed by atoms with van der Waals surface area (Å²) in [5, 5.41) is 8.81. The Balaban J connectivity index is 2.49. The summed E-state index contributed by atoms with van der Waals surface area (Å²) in [7, 11) is 0. The molecule has 1 N–H and O–H groups in total. The first-order valence-electron chi connectivity index (χ1n) is 6.07. The topological polar surface area (TPSA) is 46.5 Å². The van der Waals surface area contributed by atoms with Crippen molar-refractivity contribution < 1.29 is 14.6 Å². The minimum Gasteiger partial charge on any atom is -0.449 e. The molecule has 0 amide bonds. The van der Waals surface area contributed by atoms with Gasteiger partial charge in [-0.3, -0.25) is 0 Å². The van der Waals surface area contributed by atoms with Gasteiger partial charge < -0.3 is 9.84 Å². The van der Waals surface area contributed by atoms with Gasteiger partial charge in [0.25, 0.3) is 0 Å². The van der Waals surface area contributed by atoms with E-state index in [0.717, 1.165) is 11.1 Å². The van der Waals surface area contributed by atoms with E-state index >= 15 is 0 Å². The molecule has 0 bridgehead atoms. The van der Waals surface area contributed by atoms with Gasteiger partial charge in [-0.05, 0) is 11.6 Å². The van der Waals surface area contributed by atoms with Gasteiger partial charge >= 0.3 is 6.16 Å². The van der Waals surface area contributed by atoms with E-state index < -0.39 is 6.16 Å². The van der Waals surface area contributed by atoms with E-state index in [-0.39, 0.29) is 5.41 Å². The van der Waals surface area contributed by atoms with Crippen LogP contribution in [0.5, 0.6) is 5.75 Å². The number of carboxylic acid groups (broad SMARTS) is 1. The third-order valence-electron chi connectivity index (χ3n) is 3.25. The van der Waals surface area contributed by atoms with E-state index in [1.807, 2.05) is 56.3 Å². The summed E-state index contributed by atoms with van der Waals surface area (Å²) in [5.41, 5.74) is 1.63. The van der Waals surface area contributed by atoms with Crippen molar-refractivity contribution >= 4 is 6.16 Å². The quantitative estimate of drug-likeness (QED) is 0.665. The lowest BCUT2D eigenvalue weighted by molar-refractivity contribution is 0.143. The van der Waals surface area contributed by atoms with Gasteiger partial charge in [0.15, 0.2) is 0 Å². The molecular formula is C16H16O3. The first-order valence-corrected chi connectivity index (χ1v) is 6.07. The fraction of sp³-hybridized carbons (Fsp3) is 0.188. The molecule has 2 rings (SSSR count). The summed E-state index contributed by atoms with van der Waals surface area (Å²) in [6, 6.07) is 17.2. The van der Waals surface area contributed by atoms with Gasteiger partial charge in [0.1, 0.15) is 5.75 Å². The van der Waals surface area contributed by atoms with Crippen LogP contribution in [-0.4, -0.2) is 11.3 Å². The van der Waals surface area contributed by atoms with Gasteiger partial charge in [-0.15, -0.1) is 0 Å². The second-order valence-electron chi connectivity index (χ2n) is 4.86. The van der Waals surface area contributed by atoms with Crippen LogP contribution < -0.4 is 4.74 Å². The van der Waals surface area contributed by atoms with Gasteiger partial charge in [-0.25, -0.2) is 4.79 Å². The smallest absolute Gasteiger partial charge is 0.449 e. The third-order valence-corrected chi connectivity index (χ3v) is 3.25. The van der Waals surface area contributed by atoms with Crippen molar-refractivity contribution in [2.24, 2.45) is 0 Å². The summed E-state index contributed by atoms with van der Waals surface area (Å²) >= 11 is 0. The summed E-state index contributed by atoms with van der Waals surface area (Å²) < 4.78 is 4.87. The zero-order valence-electron chi connectivity index (χ0n) is 11.0. The first kappa shape index (κ1) is 13.1. The van der Waals surface area contributed by atoms with E-state index in [9.17, 15) is 4.79 Å². The number of rotatable bonds is 3. The van der Waals surface area contributed by atoms with Gasteiger partial charge in [0, 0.05) is 11.0 Å². The highest BCUT2D eigenvalue weighted by molar-refractivity contribution is 5.63. The van der Waals surface area contributed by atoms with Gasteiger partial charge in [0.2, 0.25) is 0 Å². The van der Waals surface area contributed by atoms with E-state index in [0.29, 0.717) is 5.75 Å². The molecule has 2 aromatic rings. The van der Waals surface area contributed by atoms with Crippen LogP contribution in [0.25, 0.3) is 0 Å². The molecule has 0 aromatic heterocycles. The zero-order valence-corrected chi connectivity index (χ0v) is 11.0. The largest absolute Gasteiger partial charge is 0.511 e. The Morgan fingerprint density at radius 3 is 2.21 bits per heavy atom. The normalized spacial score (nSPS) is 11.1. The lowest BCUT2D eigenvalue weighted by atomic mass is 9.78. The molecule has 3 heteroatoms. The summed E-state index contributed by atoms with van der Waals surface area (Å²) in [4.78, 5) is 10.8. The van der Waals surface area contributed by atoms with Crippen LogP contribution >= 0.6 is 0 Å². The number of benzene rings is 2. The number of carbonyl (C=O) groups is 1. The van der Waals surface area contributed by atoms with Crippen LogP contribution in [0.2, 0.25) is 0 Å². The molecule has 0 aliphatic heterocycles. The molecule has 0 heterocycles. The molecule has 0 saturated heterocycles. The van der Waals surface area contributed by atoms with E-state index in [4.69, 9.17) is 9.84 Å². The summed E-state index contributed by atoms with van der Waals surface area (Å²) in [6.07, 6.45) is -1.30. The van der Waals surface area contributed by atoms with Crippen LogP contribution in [0.1, 0.15) is 25.0 Å². The number of hydrogen-bond donors (Lipinski definition) is 1. The predicted molar refractivity (Wildman–Crippen MR) is 73.7 cm³/mol. The maximum atomic E-state index is 10.8. The second-order valence-corrected chi connectivity index (χ2v) is 4.86. The highest BCUT2D eigenvalue weighted by Crippen LogP contribution is 2.36. The molecule has 98 valence electrons. The van der Waals surface area contributed by atoms with Crippen molar-refractivity contribution in [3.63, 3.8) is 0 Å². The van der Waals surface area contributed by atoms with Crippen LogP contribution in [-0.2, 0) is 5.41 Å². The van der Waals surface area contributed by atoms with Crippen LogP contribution in [0.3, 0.4) is 0 Å². The molecule has 0 fully saturated rings. The molecule has 0 aliphatic carbocycles. The highest BCUT2D eigenvalue weighted by Gasteiger charge is 2.26. The number of ether oxygens (including phenoxy) is 1. The minimum absolute atomic E-state index is 0.326. The molecule has 0 spiro atoms. The molecule has 19 heavy (non-hydrogen) atoms. The van der Waals surface area contributed by atoms with Crippen molar-refractivity contribution in [3.05, 3.63) is 65.7 Å². The highest BCUT2D eigenvalue weighted by atomic mass is 16.7. The molecule has 0 atom stereocenters. The molecule has 0 saturated carbocycles. The average Bonchev–Trinajstić information content (AvgIpc) is 2.39. The van der Waals surface area contributed by atoms with Gasteiger partial charge in [-0.2, -0.15) is 0 Å². The monoisotopic (exact) mass is 256 g/mol. The standard InChI is InChI=1S/C16H16O3/c1-16(2,12-8-4-3-5-9-12)13-10-6-7-11-14(13)19-15(17)18/h3-11H,1-2H3,(H,17,18). The Hall–Kier alpha value is -2.29. The molecule has 3 nitrogen and oxygen atoms in total. The van der Waals surface area contributed by atoms with E-state index in [1.54, 1.807) is 12.1 Å². The van der Waals surface area contributed by atoms with Crippen LogP contribution in [0, 0.1) is 0 Å². The lowest BCUT2D eigenvalue weighted by Gasteiger charge is -2.27. The molecule has 0 unspecified atom stereocenters. The first-order chi connectivity index (χ1) is 9.01. The van der Waals surface area contributed by atoms with Crippen molar-refractivity contribution in [2.45, 2.75) is 19.3 Å². The van der Waals surface area contributed by atoms with Gasteiger partial charge in [0.05, 0.1) is 0 Å². The Labute approximate surface area is 112 Å². The van der Waals surface area contributed by atoms with Crippen molar-refractivity contribution in [1.82, 2.24) is 0 Å². The third kappa shape index (κ3) is 2.76. The lowest BCUT2D eigenvalue weighted by Crippen LogP contribution is -2.20. The SMILES string of the molecule is CC(C)(c1ccccc1)c1ccccc1OC(=O)O. The summed E-state index contributed by atoms with van der Waals surface area (Å²) in [5.74, 6) is 0.379. The summed E-state index contributed by atoms with van der Waals surface area (Å²) in [6.45, 7) is 4.10. The van der Waals surface area contributed by atoms with E-state index in [2.05, 4.69) is 0 Å². The zero-order chi connectivity index (χ0) is 13.9. The van der Waals surface area contributed by atoms with Crippen molar-refractivity contribution in [1.29, 1.82) is 0 Å². The Kier molecular flexibility index (Phi) is 3.56. The fourth-order valence-electron chi connectivity index (χ4n) is 2.18. The van der Waals surface area contributed by atoms with Crippen LogP contribution in [0.4, 0.5) is 4.79 Å². The van der Waals surface area contributed by atoms with Gasteiger partial charge in [-0.1, -0.05) is 62.4 Å². The van der Waals surface area contributed by atoms with Crippen molar-refractivity contribution in [2.75, 3.05) is 0 Å². The Bertz CT molecular complexity index is 574. The minimum atomic E-state index is -1.30. The van der Waals surface area contributed by atoms with Crippen molar-refractivity contribution in [3.8, 4) is 5.75 Å². The number of hydrogen-bond acceptors (Lipinski definition) is 2. The molecule has 2 aromatic carbocycles. The number of para-hydroxylation sites is 1. The maximum absolute atomic E-state index is 10.8.